The van der Waals surface area contributed by atoms with Crippen LogP contribution in [0.5, 0.6) is 0 Å². The van der Waals surface area contributed by atoms with Crippen molar-refractivity contribution >= 4 is 114 Å². The lowest BCUT2D eigenvalue weighted by Crippen LogP contribution is -2.35. The van der Waals surface area contributed by atoms with Crippen LogP contribution in [-0.2, 0) is 5.41 Å². The van der Waals surface area contributed by atoms with E-state index >= 15 is 0 Å². The molecule has 478 valence electrons. The first kappa shape index (κ1) is 59.8. The Bertz CT molecular complexity index is 4270. The number of hydrogen-bond donors (Lipinski definition) is 0. The van der Waals surface area contributed by atoms with Crippen LogP contribution < -0.4 is 39.2 Å². The Balaban J connectivity index is 1.03. The van der Waals surface area contributed by atoms with Crippen LogP contribution >= 0.6 is 0 Å². The fourth-order valence-corrected chi connectivity index (χ4v) is 16.8. The maximum absolute atomic E-state index is 2.57. The van der Waals surface area contributed by atoms with E-state index in [0.29, 0.717) is 0 Å². The van der Waals surface area contributed by atoms with Crippen LogP contribution in [0.3, 0.4) is 0 Å². The summed E-state index contributed by atoms with van der Waals surface area (Å²) in [5.41, 5.74) is 29.2. The molecule has 0 fully saturated rings. The summed E-state index contributed by atoms with van der Waals surface area (Å²) in [7, 11) is 0. The maximum Gasteiger partial charge on any atom is 0.0716 e. The van der Waals surface area contributed by atoms with Crippen molar-refractivity contribution in [1.29, 1.82) is 0 Å². The van der Waals surface area contributed by atoms with Gasteiger partial charge in [-0.3, -0.25) is 0 Å². The standard InChI is InChI=1S/C89H82N8/c1-9-59(5)90-73-37-17-25-45-81(73)94(82-46-26-18-38-74(82)90)65-53-63(54-66(57-65)95-83-47-27-19-39-75(83)91(60(6)10-2)76-40-20-28-48-84(76)95)89(71-35-15-13-33-69(71)70-34-14-16-36-72(70)89)64-55-67(96-85-49-29-21-41-77(85)92(61(7)11-3)78-42-22-30-50-86(78)96)58-68(56-64)97-87-51-31-23-43-79(87)93(62(8)12-4)80-44-24-32-52-88(80)97/h13-62H,9-12H2,1-8H3. The van der Waals surface area contributed by atoms with Crippen LogP contribution in [0.4, 0.5) is 114 Å². The van der Waals surface area contributed by atoms with Crippen molar-refractivity contribution in [3.05, 3.63) is 301 Å². The fraction of sp³-hybridized carbons (Fsp3) is 0.191. The third kappa shape index (κ3) is 9.02. The van der Waals surface area contributed by atoms with E-state index in [9.17, 15) is 0 Å². The molecule has 0 amide bonds. The molecule has 4 heterocycles. The molecule has 0 aromatic heterocycles. The minimum atomic E-state index is -0.951. The Morgan fingerprint density at radius 2 is 0.402 bits per heavy atom. The minimum absolute atomic E-state index is 0.242. The van der Waals surface area contributed by atoms with Gasteiger partial charge in [-0.1, -0.05) is 173 Å². The van der Waals surface area contributed by atoms with Crippen molar-refractivity contribution < 1.29 is 0 Å². The van der Waals surface area contributed by atoms with Gasteiger partial charge in [0.05, 0.1) is 96.4 Å². The summed E-state index contributed by atoms with van der Waals surface area (Å²) < 4.78 is 0. The van der Waals surface area contributed by atoms with E-state index < -0.39 is 5.41 Å². The van der Waals surface area contributed by atoms with E-state index in [1.807, 2.05) is 0 Å². The Labute approximate surface area is 572 Å². The van der Waals surface area contributed by atoms with Gasteiger partial charge in [-0.2, -0.15) is 0 Å². The summed E-state index contributed by atoms with van der Waals surface area (Å²) >= 11 is 0. The highest BCUT2D eigenvalue weighted by Crippen LogP contribution is 2.64. The SMILES string of the molecule is CCC(C)N1c2ccccc2N(c2cc(N3c4ccccc4N(C(C)CC)c4ccccc43)cc(C3(c4cc(N5c6ccccc6N(C(C)CC)c6ccccc65)cc(N5c6ccccc6N(C(C)CC)c6ccccc65)c4)c4ccccc4-c4ccccc43)c2)c2ccccc21. The van der Waals surface area contributed by atoms with Gasteiger partial charge in [0.1, 0.15) is 0 Å². The van der Waals surface area contributed by atoms with Crippen molar-refractivity contribution in [1.82, 2.24) is 0 Å². The molecule has 4 atom stereocenters. The summed E-state index contributed by atoms with van der Waals surface area (Å²) in [6, 6.07) is 108. The largest absolute Gasteiger partial charge is 0.335 e. The van der Waals surface area contributed by atoms with E-state index in [1.54, 1.807) is 0 Å². The van der Waals surface area contributed by atoms with E-state index in [0.717, 1.165) is 105 Å². The molecule has 97 heavy (non-hydrogen) atoms. The molecule has 12 aromatic rings. The third-order valence-electron chi connectivity index (χ3n) is 21.8. The number of para-hydroxylation sites is 16. The van der Waals surface area contributed by atoms with Crippen LogP contribution in [0.25, 0.3) is 11.1 Å². The smallest absolute Gasteiger partial charge is 0.0716 e. The molecule has 0 bridgehead atoms. The number of anilines is 20. The monoisotopic (exact) mass is 1260 g/mol. The second-order valence-corrected chi connectivity index (χ2v) is 27.1. The first-order valence-electron chi connectivity index (χ1n) is 35.3. The molecule has 4 aliphatic heterocycles. The molecule has 12 aromatic carbocycles. The molecule has 5 aliphatic rings. The van der Waals surface area contributed by atoms with Gasteiger partial charge in [0.15, 0.2) is 0 Å². The fourth-order valence-electron chi connectivity index (χ4n) is 16.8. The lowest BCUT2D eigenvalue weighted by molar-refractivity contribution is 0.685. The predicted molar refractivity (Wildman–Crippen MR) is 410 cm³/mol. The van der Waals surface area contributed by atoms with Crippen LogP contribution in [0.15, 0.2) is 279 Å². The highest BCUT2D eigenvalue weighted by atomic mass is 15.3. The van der Waals surface area contributed by atoms with E-state index in [1.165, 1.54) is 67.8 Å². The predicted octanol–water partition coefficient (Wildman–Crippen LogP) is 24.9. The number of hydrogen-bond acceptors (Lipinski definition) is 8. The first-order valence-corrected chi connectivity index (χ1v) is 35.3. The normalized spacial score (nSPS) is 15.5. The Kier molecular flexibility index (Phi) is 14.6. The second-order valence-electron chi connectivity index (χ2n) is 27.1. The van der Waals surface area contributed by atoms with Crippen molar-refractivity contribution in [3.63, 3.8) is 0 Å². The van der Waals surface area contributed by atoms with Crippen molar-refractivity contribution in [2.45, 2.75) is 111 Å². The van der Waals surface area contributed by atoms with E-state index in [2.05, 4.69) is 374 Å². The zero-order valence-corrected chi connectivity index (χ0v) is 56.8. The average molecular weight is 1260 g/mol. The maximum atomic E-state index is 2.57. The zero-order valence-electron chi connectivity index (χ0n) is 56.8. The van der Waals surface area contributed by atoms with Crippen LogP contribution in [0.1, 0.15) is 103 Å². The molecule has 1 aliphatic carbocycles. The van der Waals surface area contributed by atoms with E-state index in [4.69, 9.17) is 0 Å². The summed E-state index contributed by atoms with van der Waals surface area (Å²) in [5, 5.41) is 0. The average Bonchev–Trinajstić information content (AvgIpc) is 1.62. The van der Waals surface area contributed by atoms with Crippen LogP contribution in [0, 0.1) is 0 Å². The molecule has 8 heteroatoms. The van der Waals surface area contributed by atoms with Gasteiger partial charge < -0.3 is 39.2 Å². The number of nitrogens with zero attached hydrogens (tertiary/aromatic N) is 8. The Hall–Kier alpha value is -11.0. The van der Waals surface area contributed by atoms with Crippen LogP contribution in [0.2, 0.25) is 0 Å². The second kappa shape index (κ2) is 23.7. The minimum Gasteiger partial charge on any atom is -0.335 e. The van der Waals surface area contributed by atoms with Crippen molar-refractivity contribution in [2.75, 3.05) is 39.2 Å². The molecular weight excluding hydrogens is 1180 g/mol. The van der Waals surface area contributed by atoms with Crippen molar-refractivity contribution in [3.8, 4) is 11.1 Å². The van der Waals surface area contributed by atoms with Gasteiger partial charge in [-0.25, -0.2) is 0 Å². The highest BCUT2D eigenvalue weighted by Gasteiger charge is 2.49. The molecule has 0 N–H and O–H groups in total. The summed E-state index contributed by atoms with van der Waals surface area (Å²) in [5.74, 6) is 0. The third-order valence-corrected chi connectivity index (χ3v) is 21.8. The zero-order chi connectivity index (χ0) is 65.8. The summed E-state index contributed by atoms with van der Waals surface area (Å²) in [6.07, 6.45) is 3.95. The molecule has 8 nitrogen and oxygen atoms in total. The van der Waals surface area contributed by atoms with E-state index in [-0.39, 0.29) is 24.2 Å². The van der Waals surface area contributed by atoms with Gasteiger partial charge in [0, 0.05) is 46.9 Å². The van der Waals surface area contributed by atoms with Gasteiger partial charge in [-0.15, -0.1) is 0 Å². The molecule has 0 spiro atoms. The summed E-state index contributed by atoms with van der Waals surface area (Å²) in [6.45, 7) is 18.7. The van der Waals surface area contributed by atoms with Gasteiger partial charge in [-0.05, 0) is 220 Å². The highest BCUT2D eigenvalue weighted by molar-refractivity contribution is 6.05. The molecule has 4 unspecified atom stereocenters. The topological polar surface area (TPSA) is 25.9 Å². The first-order chi connectivity index (χ1) is 47.7. The number of rotatable bonds is 14. The molecule has 0 saturated heterocycles. The van der Waals surface area contributed by atoms with Crippen LogP contribution in [-0.4, -0.2) is 24.2 Å². The molecular formula is C89H82N8. The molecule has 0 saturated carbocycles. The number of benzene rings is 12. The Morgan fingerprint density at radius 1 is 0.227 bits per heavy atom. The lowest BCUT2D eigenvalue weighted by Gasteiger charge is -2.45. The van der Waals surface area contributed by atoms with Gasteiger partial charge >= 0.3 is 0 Å². The van der Waals surface area contributed by atoms with Crippen molar-refractivity contribution in [2.24, 2.45) is 0 Å². The quantitative estimate of drug-likeness (QED) is 0.106. The van der Waals surface area contributed by atoms with Gasteiger partial charge in [0.25, 0.3) is 0 Å². The lowest BCUT2D eigenvalue weighted by atomic mass is 9.67. The molecule has 17 rings (SSSR count). The van der Waals surface area contributed by atoms with Gasteiger partial charge in [0.2, 0.25) is 0 Å². The summed E-state index contributed by atoms with van der Waals surface area (Å²) in [4.78, 5) is 20.6. The number of fused-ring (bicyclic) bond motifs is 11. The molecule has 0 radical (unpaired) electrons. The Morgan fingerprint density at radius 3 is 0.598 bits per heavy atom.